The van der Waals surface area contributed by atoms with Crippen molar-refractivity contribution in [3.63, 3.8) is 0 Å². The van der Waals surface area contributed by atoms with E-state index in [2.05, 4.69) is 46.2 Å². The van der Waals surface area contributed by atoms with Crippen molar-refractivity contribution in [2.45, 2.75) is 142 Å². The van der Waals surface area contributed by atoms with Crippen molar-refractivity contribution in [3.05, 3.63) is 0 Å². The van der Waals surface area contributed by atoms with Gasteiger partial charge < -0.3 is 13.6 Å². The quantitative estimate of drug-likeness (QED) is 0.120. The Bertz CT molecular complexity index is 364. The van der Waals surface area contributed by atoms with Gasteiger partial charge in [-0.15, -0.1) is 0 Å². The summed E-state index contributed by atoms with van der Waals surface area (Å²) >= 11 is 0. The first-order valence-electron chi connectivity index (χ1n) is 13.0. The van der Waals surface area contributed by atoms with E-state index in [4.69, 9.17) is 13.6 Å². The number of hydrogen-bond donors (Lipinski definition) is 0. The van der Waals surface area contributed by atoms with E-state index in [1.165, 1.54) is 89.9 Å². The molecule has 0 bridgehead atoms. The van der Waals surface area contributed by atoms with Gasteiger partial charge in [0.05, 0.1) is 19.3 Å². The first-order valence-corrected chi connectivity index (χ1v) is 19.9. The van der Waals surface area contributed by atoms with Gasteiger partial charge in [-0.2, -0.15) is 0 Å². The highest BCUT2D eigenvalue weighted by Crippen LogP contribution is 2.14. The van der Waals surface area contributed by atoms with Gasteiger partial charge in [0.1, 0.15) is 0 Å². The standard InChI is InChI=1S/C25H56O3Si2/c1-8-9-10-11-12-13-14-15-16-17-18-19-20-21-22-26-23-25(28-30(5,6)7)24-27-29(2,3)4/h25H,8-24H2,1-7H3. The van der Waals surface area contributed by atoms with Gasteiger partial charge in [0.2, 0.25) is 0 Å². The zero-order valence-electron chi connectivity index (χ0n) is 21.8. The molecule has 0 aromatic heterocycles. The maximum atomic E-state index is 6.27. The average Bonchev–Trinajstić information content (AvgIpc) is 2.64. The van der Waals surface area contributed by atoms with Gasteiger partial charge in [-0.05, 0) is 45.7 Å². The molecule has 0 spiro atoms. The summed E-state index contributed by atoms with van der Waals surface area (Å²) in [6.45, 7) is 17.9. The molecule has 0 N–H and O–H groups in total. The van der Waals surface area contributed by atoms with Gasteiger partial charge in [0.15, 0.2) is 16.6 Å². The van der Waals surface area contributed by atoms with E-state index in [1.54, 1.807) is 0 Å². The predicted octanol–water partition coefficient (Wildman–Crippen LogP) is 8.56. The summed E-state index contributed by atoms with van der Waals surface area (Å²) < 4.78 is 18.3. The van der Waals surface area contributed by atoms with Crippen LogP contribution in [0.3, 0.4) is 0 Å². The first kappa shape index (κ1) is 30.3. The molecule has 0 aliphatic rings. The highest BCUT2D eigenvalue weighted by atomic mass is 28.4. The van der Waals surface area contributed by atoms with Crippen LogP contribution in [0.5, 0.6) is 0 Å². The molecule has 0 heterocycles. The molecule has 0 radical (unpaired) electrons. The SMILES string of the molecule is CCCCCCCCCCCCCCCCOCC(CO[Si](C)(C)C)O[Si](C)(C)C. The van der Waals surface area contributed by atoms with E-state index in [-0.39, 0.29) is 6.10 Å². The summed E-state index contributed by atoms with van der Waals surface area (Å²) in [4.78, 5) is 0. The fraction of sp³-hybridized carbons (Fsp3) is 1.00. The van der Waals surface area contributed by atoms with Crippen molar-refractivity contribution in [2.75, 3.05) is 19.8 Å². The highest BCUT2D eigenvalue weighted by Gasteiger charge is 2.24. The number of hydrogen-bond acceptors (Lipinski definition) is 3. The van der Waals surface area contributed by atoms with Gasteiger partial charge in [-0.25, -0.2) is 0 Å². The lowest BCUT2D eigenvalue weighted by atomic mass is 10.0. The van der Waals surface area contributed by atoms with Crippen molar-refractivity contribution in [1.82, 2.24) is 0 Å². The van der Waals surface area contributed by atoms with Crippen LogP contribution in [0, 0.1) is 0 Å². The molecule has 0 saturated heterocycles. The van der Waals surface area contributed by atoms with Crippen LogP contribution in [-0.2, 0) is 13.6 Å². The monoisotopic (exact) mass is 460 g/mol. The highest BCUT2D eigenvalue weighted by molar-refractivity contribution is 6.70. The fourth-order valence-electron chi connectivity index (χ4n) is 3.57. The van der Waals surface area contributed by atoms with Crippen LogP contribution in [-0.4, -0.2) is 42.6 Å². The molecule has 1 atom stereocenters. The molecule has 1 unspecified atom stereocenters. The Morgan fingerprint density at radius 1 is 0.533 bits per heavy atom. The lowest BCUT2D eigenvalue weighted by molar-refractivity contribution is 0.0190. The number of unbranched alkanes of at least 4 members (excludes halogenated alkanes) is 13. The summed E-state index contributed by atoms with van der Waals surface area (Å²) in [5.74, 6) is 0. The third-order valence-electron chi connectivity index (χ3n) is 5.17. The Kier molecular flexibility index (Phi) is 19.0. The molecule has 0 fully saturated rings. The van der Waals surface area contributed by atoms with Crippen LogP contribution in [0.4, 0.5) is 0 Å². The van der Waals surface area contributed by atoms with Crippen LogP contribution in [0.15, 0.2) is 0 Å². The molecule has 0 aromatic carbocycles. The van der Waals surface area contributed by atoms with E-state index < -0.39 is 16.6 Å². The smallest absolute Gasteiger partial charge is 0.184 e. The van der Waals surface area contributed by atoms with Gasteiger partial charge in [-0.3, -0.25) is 0 Å². The fourth-order valence-corrected chi connectivity index (χ4v) is 5.39. The van der Waals surface area contributed by atoms with Gasteiger partial charge >= 0.3 is 0 Å². The Balaban J connectivity index is 3.54. The molecule has 0 rings (SSSR count). The summed E-state index contributed by atoms with van der Waals surface area (Å²) in [6, 6.07) is 0. The lowest BCUT2D eigenvalue weighted by Gasteiger charge is -2.29. The molecule has 0 aromatic rings. The molecular weight excluding hydrogens is 404 g/mol. The third-order valence-corrected chi connectivity index (χ3v) is 7.24. The second-order valence-corrected chi connectivity index (χ2v) is 19.9. The lowest BCUT2D eigenvalue weighted by Crippen LogP contribution is -2.40. The van der Waals surface area contributed by atoms with Gasteiger partial charge in [0, 0.05) is 6.61 Å². The Morgan fingerprint density at radius 3 is 1.37 bits per heavy atom. The Morgan fingerprint density at radius 2 is 0.967 bits per heavy atom. The van der Waals surface area contributed by atoms with Crippen molar-refractivity contribution in [3.8, 4) is 0 Å². The first-order chi connectivity index (χ1) is 14.1. The molecular formula is C25H56O3Si2. The molecule has 182 valence electrons. The molecule has 0 amide bonds. The second-order valence-electron chi connectivity index (χ2n) is 10.9. The van der Waals surface area contributed by atoms with Crippen LogP contribution in [0.1, 0.15) is 96.8 Å². The summed E-state index contributed by atoms with van der Waals surface area (Å²) in [5.41, 5.74) is 0. The van der Waals surface area contributed by atoms with Crippen molar-refractivity contribution < 1.29 is 13.6 Å². The molecule has 0 saturated carbocycles. The Labute approximate surface area is 192 Å². The molecule has 0 aliphatic heterocycles. The predicted molar refractivity (Wildman–Crippen MR) is 139 cm³/mol. The van der Waals surface area contributed by atoms with E-state index in [1.807, 2.05) is 0 Å². The van der Waals surface area contributed by atoms with Crippen molar-refractivity contribution in [2.24, 2.45) is 0 Å². The molecule has 30 heavy (non-hydrogen) atoms. The van der Waals surface area contributed by atoms with Gasteiger partial charge in [0.25, 0.3) is 0 Å². The maximum absolute atomic E-state index is 6.27. The van der Waals surface area contributed by atoms with Crippen LogP contribution in [0.25, 0.3) is 0 Å². The van der Waals surface area contributed by atoms with Gasteiger partial charge in [-0.1, -0.05) is 90.4 Å². The molecule has 5 heteroatoms. The third kappa shape index (κ3) is 24.6. The summed E-state index contributed by atoms with van der Waals surface area (Å²) in [5, 5.41) is 0. The van der Waals surface area contributed by atoms with Crippen LogP contribution >= 0.6 is 0 Å². The summed E-state index contributed by atoms with van der Waals surface area (Å²) in [7, 11) is -3.08. The normalized spacial score (nSPS) is 13.7. The van der Waals surface area contributed by atoms with Crippen molar-refractivity contribution in [1.29, 1.82) is 0 Å². The zero-order valence-corrected chi connectivity index (χ0v) is 23.8. The van der Waals surface area contributed by atoms with E-state index >= 15 is 0 Å². The minimum Gasteiger partial charge on any atom is -0.415 e. The zero-order chi connectivity index (χ0) is 22.7. The van der Waals surface area contributed by atoms with Crippen LogP contribution < -0.4 is 0 Å². The minimum absolute atomic E-state index is 0.0926. The number of rotatable bonds is 22. The molecule has 0 aliphatic carbocycles. The largest absolute Gasteiger partial charge is 0.415 e. The van der Waals surface area contributed by atoms with E-state index in [0.29, 0.717) is 13.2 Å². The van der Waals surface area contributed by atoms with Crippen molar-refractivity contribution >= 4 is 16.6 Å². The second kappa shape index (κ2) is 18.8. The van der Waals surface area contributed by atoms with E-state index in [0.717, 1.165) is 6.61 Å². The molecule has 3 nitrogen and oxygen atoms in total. The topological polar surface area (TPSA) is 27.7 Å². The average molecular weight is 461 g/mol. The summed E-state index contributed by atoms with van der Waals surface area (Å²) in [6.07, 6.45) is 19.6. The minimum atomic E-state index is -1.57. The van der Waals surface area contributed by atoms with E-state index in [9.17, 15) is 0 Å². The maximum Gasteiger partial charge on any atom is 0.184 e. The Hall–Kier alpha value is 0.314. The number of ether oxygens (including phenoxy) is 1. The van der Waals surface area contributed by atoms with Crippen LogP contribution in [0.2, 0.25) is 39.3 Å².